The number of hydrogen-bond acceptors (Lipinski definition) is 3. The van der Waals surface area contributed by atoms with E-state index in [9.17, 15) is 8.42 Å². The molecule has 2 aromatic rings. The fraction of sp³-hybridized carbons (Fsp3) is 0.154. The van der Waals surface area contributed by atoms with E-state index in [0.29, 0.717) is 6.54 Å². The Bertz CT molecular complexity index is 582. The average molecular weight is 264 g/mol. The van der Waals surface area contributed by atoms with Crippen LogP contribution in [-0.2, 0) is 20.8 Å². The van der Waals surface area contributed by atoms with Crippen LogP contribution in [0.5, 0.6) is 0 Å². The lowest BCUT2D eigenvalue weighted by molar-refractivity contribution is -0.697. The van der Waals surface area contributed by atoms with Crippen molar-refractivity contribution in [1.82, 2.24) is 0 Å². The van der Waals surface area contributed by atoms with E-state index in [1.165, 1.54) is 12.1 Å². The molecule has 94 valence electrons. The van der Waals surface area contributed by atoms with Crippen molar-refractivity contribution in [3.63, 3.8) is 0 Å². The summed E-state index contributed by atoms with van der Waals surface area (Å²) in [5.41, 5.74) is 0. The molecule has 1 heterocycles. The first-order chi connectivity index (χ1) is 8.68. The second-order valence-corrected chi connectivity index (χ2v) is 5.32. The molecule has 1 aromatic carbocycles. The van der Waals surface area contributed by atoms with E-state index in [1.807, 2.05) is 35.2 Å². The third kappa shape index (κ3) is 3.38. The lowest BCUT2D eigenvalue weighted by atomic mass is 10.4. The quantitative estimate of drug-likeness (QED) is 0.605. The molecule has 0 saturated heterocycles. The van der Waals surface area contributed by atoms with Crippen molar-refractivity contribution >= 4 is 10.1 Å². The largest absolute Gasteiger partial charge is 0.297 e. The van der Waals surface area contributed by atoms with Crippen LogP contribution in [-0.4, -0.2) is 15.0 Å². The number of benzene rings is 1. The molecule has 0 spiro atoms. The molecule has 0 unspecified atom stereocenters. The third-order valence-corrected chi connectivity index (χ3v) is 3.72. The number of hydrogen-bond donors (Lipinski definition) is 0. The standard InChI is InChI=1S/C13H14NO3S/c15-18(16,13-7-3-1-4-8-13)17-12-11-14-9-5-2-6-10-14/h1-10H,11-12H2/q+1. The summed E-state index contributed by atoms with van der Waals surface area (Å²) >= 11 is 0. The molecule has 0 bridgehead atoms. The molecule has 0 fully saturated rings. The van der Waals surface area contributed by atoms with Gasteiger partial charge in [0.05, 0.1) is 4.90 Å². The van der Waals surface area contributed by atoms with E-state index in [-0.39, 0.29) is 11.5 Å². The van der Waals surface area contributed by atoms with Crippen molar-refractivity contribution in [2.24, 2.45) is 0 Å². The Hall–Kier alpha value is -1.72. The van der Waals surface area contributed by atoms with Gasteiger partial charge in [0, 0.05) is 12.1 Å². The summed E-state index contributed by atoms with van der Waals surface area (Å²) in [4.78, 5) is 0.183. The predicted molar refractivity (Wildman–Crippen MR) is 66.2 cm³/mol. The van der Waals surface area contributed by atoms with Gasteiger partial charge in [0.2, 0.25) is 0 Å². The SMILES string of the molecule is O=S(=O)(OCC[n+]1ccccc1)c1ccccc1. The molecule has 0 atom stereocenters. The number of aromatic nitrogens is 1. The molecule has 0 aliphatic heterocycles. The Kier molecular flexibility index (Phi) is 4.07. The van der Waals surface area contributed by atoms with E-state index in [0.717, 1.165) is 0 Å². The number of nitrogens with zero attached hydrogens (tertiary/aromatic N) is 1. The first-order valence-corrected chi connectivity index (χ1v) is 6.98. The van der Waals surface area contributed by atoms with Gasteiger partial charge in [-0.2, -0.15) is 8.42 Å². The molecule has 0 saturated carbocycles. The van der Waals surface area contributed by atoms with Gasteiger partial charge >= 0.3 is 0 Å². The fourth-order valence-corrected chi connectivity index (χ4v) is 2.41. The molecular formula is C13H14NO3S+. The fourth-order valence-electron chi connectivity index (χ4n) is 1.49. The van der Waals surface area contributed by atoms with Crippen molar-refractivity contribution in [1.29, 1.82) is 0 Å². The normalized spacial score (nSPS) is 11.3. The minimum Gasteiger partial charge on any atom is -0.260 e. The van der Waals surface area contributed by atoms with Gasteiger partial charge in [-0.25, -0.2) is 4.57 Å². The summed E-state index contributed by atoms with van der Waals surface area (Å²) in [6, 6.07) is 13.8. The minimum absolute atomic E-state index is 0.117. The second-order valence-electron chi connectivity index (χ2n) is 3.70. The van der Waals surface area contributed by atoms with E-state index in [1.54, 1.807) is 18.2 Å². The Morgan fingerprint density at radius 2 is 1.56 bits per heavy atom. The van der Waals surface area contributed by atoms with Crippen molar-refractivity contribution in [3.05, 3.63) is 60.9 Å². The zero-order valence-corrected chi connectivity index (χ0v) is 10.6. The van der Waals surface area contributed by atoms with Crippen LogP contribution in [0.3, 0.4) is 0 Å². The predicted octanol–water partition coefficient (Wildman–Crippen LogP) is 1.38. The summed E-state index contributed by atoms with van der Waals surface area (Å²) < 4.78 is 30.4. The highest BCUT2D eigenvalue weighted by atomic mass is 32.2. The molecule has 4 nitrogen and oxygen atoms in total. The van der Waals surface area contributed by atoms with Gasteiger partial charge in [-0.15, -0.1) is 0 Å². The lowest BCUT2D eigenvalue weighted by Gasteiger charge is -2.03. The maximum atomic E-state index is 11.8. The molecule has 5 heteroatoms. The van der Waals surface area contributed by atoms with E-state index >= 15 is 0 Å². The molecular weight excluding hydrogens is 250 g/mol. The van der Waals surface area contributed by atoms with Crippen LogP contribution in [0, 0.1) is 0 Å². The van der Waals surface area contributed by atoms with Crippen LogP contribution in [0.25, 0.3) is 0 Å². The molecule has 18 heavy (non-hydrogen) atoms. The first kappa shape index (κ1) is 12.7. The summed E-state index contributed by atoms with van der Waals surface area (Å²) in [5, 5.41) is 0. The van der Waals surface area contributed by atoms with Gasteiger partial charge in [-0.1, -0.05) is 24.3 Å². The Balaban J connectivity index is 1.95. The van der Waals surface area contributed by atoms with Crippen LogP contribution in [0.4, 0.5) is 0 Å². The molecule has 0 N–H and O–H groups in total. The second kappa shape index (κ2) is 5.75. The molecule has 1 aromatic heterocycles. The Morgan fingerprint density at radius 1 is 0.944 bits per heavy atom. The maximum Gasteiger partial charge on any atom is 0.297 e. The average Bonchev–Trinajstić information content (AvgIpc) is 2.41. The monoisotopic (exact) mass is 264 g/mol. The van der Waals surface area contributed by atoms with E-state index < -0.39 is 10.1 Å². The summed E-state index contributed by atoms with van der Waals surface area (Å²) in [7, 11) is -3.64. The summed E-state index contributed by atoms with van der Waals surface area (Å²) in [6.07, 6.45) is 3.72. The molecule has 0 amide bonds. The molecule has 2 rings (SSSR count). The summed E-state index contributed by atoms with van der Waals surface area (Å²) in [5.74, 6) is 0. The molecule has 0 radical (unpaired) electrons. The van der Waals surface area contributed by atoms with Crippen LogP contribution < -0.4 is 4.57 Å². The van der Waals surface area contributed by atoms with E-state index in [2.05, 4.69) is 0 Å². The molecule has 0 aliphatic rings. The van der Waals surface area contributed by atoms with Crippen molar-refractivity contribution in [3.8, 4) is 0 Å². The van der Waals surface area contributed by atoms with Crippen LogP contribution in [0.15, 0.2) is 65.8 Å². The smallest absolute Gasteiger partial charge is 0.260 e. The lowest BCUT2D eigenvalue weighted by Crippen LogP contribution is -2.35. The van der Waals surface area contributed by atoms with Gasteiger partial charge in [-0.05, 0) is 12.1 Å². The minimum atomic E-state index is -3.64. The van der Waals surface area contributed by atoms with Gasteiger partial charge in [0.15, 0.2) is 18.9 Å². The van der Waals surface area contributed by atoms with Crippen molar-refractivity contribution < 1.29 is 17.2 Å². The highest BCUT2D eigenvalue weighted by Crippen LogP contribution is 2.10. The van der Waals surface area contributed by atoms with Crippen LogP contribution in [0.2, 0.25) is 0 Å². The Labute approximate surface area is 107 Å². The Morgan fingerprint density at radius 3 is 2.22 bits per heavy atom. The summed E-state index contributed by atoms with van der Waals surface area (Å²) in [6.45, 7) is 0.610. The first-order valence-electron chi connectivity index (χ1n) is 5.57. The molecule has 0 aliphatic carbocycles. The van der Waals surface area contributed by atoms with Gasteiger partial charge < -0.3 is 0 Å². The van der Waals surface area contributed by atoms with Crippen molar-refractivity contribution in [2.75, 3.05) is 6.61 Å². The van der Waals surface area contributed by atoms with Crippen molar-refractivity contribution in [2.45, 2.75) is 11.4 Å². The van der Waals surface area contributed by atoms with Gasteiger partial charge in [-0.3, -0.25) is 4.18 Å². The van der Waals surface area contributed by atoms with Gasteiger partial charge in [0.25, 0.3) is 10.1 Å². The topological polar surface area (TPSA) is 47.3 Å². The van der Waals surface area contributed by atoms with E-state index in [4.69, 9.17) is 4.18 Å². The highest BCUT2D eigenvalue weighted by molar-refractivity contribution is 7.86. The number of pyridine rings is 1. The zero-order chi connectivity index (χ0) is 12.8. The highest BCUT2D eigenvalue weighted by Gasteiger charge is 2.14. The zero-order valence-electron chi connectivity index (χ0n) is 9.77. The third-order valence-electron chi connectivity index (χ3n) is 2.40. The maximum absolute atomic E-state index is 11.8. The number of rotatable bonds is 5. The van der Waals surface area contributed by atoms with Crippen LogP contribution in [0.1, 0.15) is 0 Å². The van der Waals surface area contributed by atoms with Crippen LogP contribution >= 0.6 is 0 Å². The van der Waals surface area contributed by atoms with Gasteiger partial charge in [0.1, 0.15) is 6.61 Å².